The molecule has 2 atom stereocenters. The zero-order valence-corrected chi connectivity index (χ0v) is 6.69. The van der Waals surface area contributed by atoms with Gasteiger partial charge in [-0.2, -0.15) is 0 Å². The van der Waals surface area contributed by atoms with Gasteiger partial charge in [0.05, 0.1) is 0 Å². The van der Waals surface area contributed by atoms with E-state index in [2.05, 4.69) is 0 Å². The second-order valence-corrected chi connectivity index (χ2v) is 3.52. The monoisotopic (exact) mass is 164 g/mol. The molecule has 1 nitrogen and oxygen atoms in total. The van der Waals surface area contributed by atoms with E-state index < -0.39 is 5.92 Å². The fourth-order valence-electron chi connectivity index (χ4n) is 1.62. The number of rotatable bonds is 2. The van der Waals surface area contributed by atoms with E-state index in [1.807, 2.05) is 6.92 Å². The van der Waals surface area contributed by atoms with E-state index in [-0.39, 0.29) is 31.3 Å². The van der Waals surface area contributed by atoms with Gasteiger partial charge < -0.3 is 5.11 Å². The van der Waals surface area contributed by atoms with Crippen molar-refractivity contribution < 1.29 is 13.9 Å². The number of alkyl halides is 2. The molecule has 3 heteroatoms. The molecule has 1 aliphatic rings. The largest absolute Gasteiger partial charge is 0.396 e. The fraction of sp³-hybridized carbons (Fsp3) is 1.00. The van der Waals surface area contributed by atoms with Gasteiger partial charge in [0.15, 0.2) is 0 Å². The van der Waals surface area contributed by atoms with Crippen LogP contribution < -0.4 is 0 Å². The number of hydrogen-bond donors (Lipinski definition) is 1. The molecule has 66 valence electrons. The van der Waals surface area contributed by atoms with Crippen molar-refractivity contribution in [2.45, 2.75) is 32.1 Å². The van der Waals surface area contributed by atoms with Crippen molar-refractivity contribution in [2.24, 2.45) is 11.8 Å². The van der Waals surface area contributed by atoms with Crippen LogP contribution >= 0.6 is 0 Å². The lowest BCUT2D eigenvalue weighted by atomic mass is 9.93. The topological polar surface area (TPSA) is 20.2 Å². The molecule has 0 amide bonds. The molecule has 1 aliphatic carbocycles. The Bertz CT molecular complexity index is 136. The Morgan fingerprint density at radius 3 is 2.64 bits per heavy atom. The molecular formula is C8H14F2O. The van der Waals surface area contributed by atoms with Crippen LogP contribution in [0.3, 0.4) is 0 Å². The Morgan fingerprint density at radius 2 is 2.27 bits per heavy atom. The highest BCUT2D eigenvalue weighted by Crippen LogP contribution is 2.41. The standard InChI is InChI=1S/C8H14F2O/c1-6(5-11)7-2-3-8(9,10)4-7/h6-7,11H,2-5H2,1H3/t6-,7?/m1/s1. The number of aliphatic hydroxyl groups excluding tert-OH is 1. The van der Waals surface area contributed by atoms with Crippen molar-refractivity contribution in [2.75, 3.05) is 6.61 Å². The van der Waals surface area contributed by atoms with Gasteiger partial charge in [-0.05, 0) is 18.3 Å². The summed E-state index contributed by atoms with van der Waals surface area (Å²) in [6.45, 7) is 1.85. The van der Waals surface area contributed by atoms with Gasteiger partial charge in [-0.25, -0.2) is 8.78 Å². The molecule has 1 rings (SSSR count). The number of aliphatic hydroxyl groups is 1. The van der Waals surface area contributed by atoms with Gasteiger partial charge in [-0.1, -0.05) is 6.92 Å². The van der Waals surface area contributed by atoms with Crippen molar-refractivity contribution in [1.82, 2.24) is 0 Å². The average molecular weight is 164 g/mol. The van der Waals surface area contributed by atoms with Gasteiger partial charge in [0.1, 0.15) is 0 Å². The summed E-state index contributed by atoms with van der Waals surface area (Å²) in [6.07, 6.45) is 0.533. The first-order chi connectivity index (χ1) is 5.05. The molecule has 0 spiro atoms. The Morgan fingerprint density at radius 1 is 1.64 bits per heavy atom. The first-order valence-electron chi connectivity index (χ1n) is 4.04. The van der Waals surface area contributed by atoms with E-state index in [1.54, 1.807) is 0 Å². The maximum Gasteiger partial charge on any atom is 0.248 e. The third-order valence-electron chi connectivity index (χ3n) is 2.53. The third-order valence-corrected chi connectivity index (χ3v) is 2.53. The smallest absolute Gasteiger partial charge is 0.248 e. The van der Waals surface area contributed by atoms with Crippen LogP contribution in [0.15, 0.2) is 0 Å². The number of hydrogen-bond acceptors (Lipinski definition) is 1. The quantitative estimate of drug-likeness (QED) is 0.662. The first kappa shape index (κ1) is 8.91. The van der Waals surface area contributed by atoms with Crippen molar-refractivity contribution in [3.05, 3.63) is 0 Å². The van der Waals surface area contributed by atoms with E-state index in [4.69, 9.17) is 5.11 Å². The maximum absolute atomic E-state index is 12.6. The zero-order chi connectivity index (χ0) is 8.48. The minimum absolute atomic E-state index is 0.00199. The molecule has 0 heterocycles. The predicted molar refractivity (Wildman–Crippen MR) is 38.5 cm³/mol. The SMILES string of the molecule is C[C@H](CO)C1CCC(F)(F)C1. The van der Waals surface area contributed by atoms with E-state index in [1.165, 1.54) is 0 Å². The predicted octanol–water partition coefficient (Wildman–Crippen LogP) is 2.05. The summed E-state index contributed by atoms with van der Waals surface area (Å²) in [7, 11) is 0. The van der Waals surface area contributed by atoms with Crippen LogP contribution in [0.2, 0.25) is 0 Å². The Balaban J connectivity index is 2.41. The van der Waals surface area contributed by atoms with Crippen molar-refractivity contribution in [3.63, 3.8) is 0 Å². The summed E-state index contributed by atoms with van der Waals surface area (Å²) in [5.74, 6) is -2.41. The van der Waals surface area contributed by atoms with Crippen LogP contribution in [-0.4, -0.2) is 17.6 Å². The lowest BCUT2D eigenvalue weighted by Crippen LogP contribution is -2.15. The molecule has 0 aromatic heterocycles. The fourth-order valence-corrected chi connectivity index (χ4v) is 1.62. The van der Waals surface area contributed by atoms with Gasteiger partial charge in [0.25, 0.3) is 0 Å². The molecule has 1 unspecified atom stereocenters. The summed E-state index contributed by atoms with van der Waals surface area (Å²) in [5, 5.41) is 8.72. The van der Waals surface area contributed by atoms with Crippen LogP contribution in [0, 0.1) is 11.8 Å². The summed E-state index contributed by atoms with van der Waals surface area (Å²) in [5.41, 5.74) is 0. The highest BCUT2D eigenvalue weighted by Gasteiger charge is 2.40. The van der Waals surface area contributed by atoms with Crippen LogP contribution in [0.25, 0.3) is 0 Å². The Hall–Kier alpha value is -0.180. The minimum atomic E-state index is -2.46. The van der Waals surface area contributed by atoms with E-state index in [9.17, 15) is 8.78 Å². The van der Waals surface area contributed by atoms with Gasteiger partial charge in [0, 0.05) is 19.4 Å². The third kappa shape index (κ3) is 2.12. The van der Waals surface area contributed by atoms with Crippen molar-refractivity contribution in [3.8, 4) is 0 Å². The van der Waals surface area contributed by atoms with Crippen LogP contribution in [0.4, 0.5) is 8.78 Å². The number of halogens is 2. The minimum Gasteiger partial charge on any atom is -0.396 e. The summed E-state index contributed by atoms with van der Waals surface area (Å²) >= 11 is 0. The highest BCUT2D eigenvalue weighted by atomic mass is 19.3. The van der Waals surface area contributed by atoms with Gasteiger partial charge in [-0.15, -0.1) is 0 Å². The molecule has 0 bridgehead atoms. The second-order valence-electron chi connectivity index (χ2n) is 3.52. The van der Waals surface area contributed by atoms with Crippen molar-refractivity contribution in [1.29, 1.82) is 0 Å². The molecule has 0 aliphatic heterocycles. The molecule has 1 saturated carbocycles. The molecular weight excluding hydrogens is 150 g/mol. The molecule has 0 saturated heterocycles. The first-order valence-corrected chi connectivity index (χ1v) is 4.04. The second kappa shape index (κ2) is 3.05. The lowest BCUT2D eigenvalue weighted by molar-refractivity contribution is 0.00111. The molecule has 1 N–H and O–H groups in total. The molecule has 0 aromatic carbocycles. The average Bonchev–Trinajstić information content (AvgIpc) is 2.29. The molecule has 11 heavy (non-hydrogen) atoms. The molecule has 0 aromatic rings. The highest BCUT2D eigenvalue weighted by molar-refractivity contribution is 4.83. The van der Waals surface area contributed by atoms with E-state index in [0.717, 1.165) is 0 Å². The normalized spacial score (nSPS) is 32.2. The molecule has 1 fully saturated rings. The van der Waals surface area contributed by atoms with E-state index >= 15 is 0 Å². The Kier molecular flexibility index (Phi) is 2.47. The van der Waals surface area contributed by atoms with Crippen LogP contribution in [0.1, 0.15) is 26.2 Å². The van der Waals surface area contributed by atoms with E-state index in [0.29, 0.717) is 6.42 Å². The Labute approximate surface area is 65.4 Å². The zero-order valence-electron chi connectivity index (χ0n) is 6.69. The summed E-state index contributed by atoms with van der Waals surface area (Å²) in [4.78, 5) is 0. The summed E-state index contributed by atoms with van der Waals surface area (Å²) in [6, 6.07) is 0. The van der Waals surface area contributed by atoms with Crippen molar-refractivity contribution >= 4 is 0 Å². The van der Waals surface area contributed by atoms with Gasteiger partial charge in [-0.3, -0.25) is 0 Å². The maximum atomic E-state index is 12.6. The van der Waals surface area contributed by atoms with Gasteiger partial charge in [0.2, 0.25) is 5.92 Å². The van der Waals surface area contributed by atoms with Crippen LogP contribution in [-0.2, 0) is 0 Å². The summed E-state index contributed by atoms with van der Waals surface area (Å²) < 4.78 is 25.2. The van der Waals surface area contributed by atoms with Crippen LogP contribution in [0.5, 0.6) is 0 Å². The molecule has 0 radical (unpaired) electrons. The lowest BCUT2D eigenvalue weighted by Gasteiger charge is -2.15. The van der Waals surface area contributed by atoms with Gasteiger partial charge >= 0.3 is 0 Å².